The lowest BCUT2D eigenvalue weighted by atomic mass is 10.1. The van der Waals surface area contributed by atoms with Gasteiger partial charge in [-0.05, 0) is 19.1 Å². The molecule has 0 fully saturated rings. The summed E-state index contributed by atoms with van der Waals surface area (Å²) >= 11 is 0. The maximum atomic E-state index is 11.7. The third-order valence-electron chi connectivity index (χ3n) is 2.16. The number of para-hydroxylation sites is 1. The van der Waals surface area contributed by atoms with E-state index in [1.165, 1.54) is 0 Å². The second kappa shape index (κ2) is 3.73. The van der Waals surface area contributed by atoms with Crippen LogP contribution in [-0.2, 0) is 0 Å². The number of ketones is 1. The summed E-state index contributed by atoms with van der Waals surface area (Å²) < 4.78 is 5.44. The lowest BCUT2D eigenvalue weighted by molar-refractivity contribution is 0.0968. The van der Waals surface area contributed by atoms with Crippen LogP contribution in [0.25, 0.3) is 11.0 Å². The molecule has 0 radical (unpaired) electrons. The number of Topliss-reactive ketones (excluding diaryl/α,β-unsaturated/α-hetero) is 1. The Morgan fingerprint density at radius 1 is 1.40 bits per heavy atom. The first-order chi connectivity index (χ1) is 7.16. The van der Waals surface area contributed by atoms with Crippen molar-refractivity contribution in [1.82, 2.24) is 0 Å². The van der Waals surface area contributed by atoms with Crippen molar-refractivity contribution < 1.29 is 9.21 Å². The summed E-state index contributed by atoms with van der Waals surface area (Å²) in [6.07, 6.45) is 0.347. The first-order valence-electron chi connectivity index (χ1n) is 4.83. The van der Waals surface area contributed by atoms with Crippen LogP contribution in [0.5, 0.6) is 0 Å². The van der Waals surface area contributed by atoms with Crippen LogP contribution in [-0.4, -0.2) is 5.78 Å². The van der Waals surface area contributed by atoms with Crippen LogP contribution < -0.4 is 0 Å². The van der Waals surface area contributed by atoms with E-state index in [4.69, 9.17) is 4.42 Å². The molecule has 0 bridgehead atoms. The van der Waals surface area contributed by atoms with E-state index in [1.54, 1.807) is 6.07 Å². The van der Waals surface area contributed by atoms with Crippen molar-refractivity contribution in [1.29, 1.82) is 0 Å². The zero-order valence-corrected chi connectivity index (χ0v) is 8.62. The first-order valence-corrected chi connectivity index (χ1v) is 4.83. The van der Waals surface area contributed by atoms with Gasteiger partial charge in [-0.1, -0.05) is 30.4 Å². The van der Waals surface area contributed by atoms with Crippen LogP contribution in [0, 0.1) is 0 Å². The Kier molecular flexibility index (Phi) is 2.42. The molecule has 2 aromatic rings. The Morgan fingerprint density at radius 3 is 2.80 bits per heavy atom. The lowest BCUT2D eigenvalue weighted by Gasteiger charge is -1.94. The molecule has 76 valence electrons. The molecule has 0 N–H and O–H groups in total. The summed E-state index contributed by atoms with van der Waals surface area (Å²) in [5.74, 6) is 0.401. The van der Waals surface area contributed by atoms with Gasteiger partial charge in [0.2, 0.25) is 5.78 Å². The van der Waals surface area contributed by atoms with Gasteiger partial charge in [0.15, 0.2) is 5.76 Å². The average molecular weight is 200 g/mol. The van der Waals surface area contributed by atoms with Gasteiger partial charge in [0.1, 0.15) is 5.58 Å². The van der Waals surface area contributed by atoms with E-state index >= 15 is 0 Å². The quantitative estimate of drug-likeness (QED) is 0.560. The molecule has 2 nitrogen and oxygen atoms in total. The molecule has 0 saturated heterocycles. The van der Waals surface area contributed by atoms with Crippen LogP contribution in [0.3, 0.4) is 0 Å². The fourth-order valence-electron chi connectivity index (χ4n) is 1.48. The molecular formula is C13H12O2. The maximum absolute atomic E-state index is 11.7. The monoisotopic (exact) mass is 200 g/mol. The Labute approximate surface area is 88.2 Å². The van der Waals surface area contributed by atoms with E-state index in [1.807, 2.05) is 31.2 Å². The Morgan fingerprint density at radius 2 is 2.13 bits per heavy atom. The number of allylic oxidation sites excluding steroid dienone is 1. The summed E-state index contributed by atoms with van der Waals surface area (Å²) in [4.78, 5) is 11.7. The summed E-state index contributed by atoms with van der Waals surface area (Å²) in [6, 6.07) is 9.37. The molecule has 0 aliphatic heterocycles. The Balaban J connectivity index is 2.36. The van der Waals surface area contributed by atoms with Crippen molar-refractivity contribution in [2.45, 2.75) is 13.3 Å². The van der Waals surface area contributed by atoms with Gasteiger partial charge >= 0.3 is 0 Å². The van der Waals surface area contributed by atoms with Gasteiger partial charge in [0.05, 0.1) is 0 Å². The number of fused-ring (bicyclic) bond motifs is 1. The molecule has 2 rings (SSSR count). The van der Waals surface area contributed by atoms with E-state index in [9.17, 15) is 4.79 Å². The van der Waals surface area contributed by atoms with Gasteiger partial charge in [-0.3, -0.25) is 4.79 Å². The summed E-state index contributed by atoms with van der Waals surface area (Å²) in [5, 5.41) is 0.961. The number of rotatable bonds is 3. The standard InChI is InChI=1S/C13H12O2/c1-9(2)7-11(14)13-8-10-5-3-4-6-12(10)15-13/h3-6,8H,1,7H2,2H3. The van der Waals surface area contributed by atoms with Gasteiger partial charge in [0, 0.05) is 11.8 Å². The van der Waals surface area contributed by atoms with Crippen molar-refractivity contribution >= 4 is 16.8 Å². The maximum Gasteiger partial charge on any atom is 0.202 e. The van der Waals surface area contributed by atoms with E-state index in [-0.39, 0.29) is 5.78 Å². The summed E-state index contributed by atoms with van der Waals surface area (Å²) in [7, 11) is 0. The Bertz CT molecular complexity index is 487. The second-order valence-electron chi connectivity index (χ2n) is 3.71. The average Bonchev–Trinajstić information content (AvgIpc) is 2.59. The smallest absolute Gasteiger partial charge is 0.202 e. The normalized spacial score (nSPS) is 10.5. The number of hydrogen-bond donors (Lipinski definition) is 0. The molecule has 1 heterocycles. The van der Waals surface area contributed by atoms with Crippen molar-refractivity contribution in [2.75, 3.05) is 0 Å². The predicted octanol–water partition coefficient (Wildman–Crippen LogP) is 3.58. The largest absolute Gasteiger partial charge is 0.453 e. The first kappa shape index (κ1) is 9.71. The van der Waals surface area contributed by atoms with E-state index in [0.29, 0.717) is 12.2 Å². The molecule has 0 aliphatic rings. The van der Waals surface area contributed by atoms with E-state index in [0.717, 1.165) is 16.5 Å². The topological polar surface area (TPSA) is 30.2 Å². The minimum atomic E-state index is -0.0151. The third kappa shape index (κ3) is 1.99. The molecule has 0 amide bonds. The van der Waals surface area contributed by atoms with Gasteiger partial charge in [-0.25, -0.2) is 0 Å². The molecule has 2 heteroatoms. The predicted molar refractivity (Wildman–Crippen MR) is 60.0 cm³/mol. The van der Waals surface area contributed by atoms with Crippen LogP contribution >= 0.6 is 0 Å². The summed E-state index contributed by atoms with van der Waals surface area (Å²) in [6.45, 7) is 5.55. The number of furan rings is 1. The zero-order chi connectivity index (χ0) is 10.8. The number of benzene rings is 1. The lowest BCUT2D eigenvalue weighted by Crippen LogP contribution is -1.96. The fourth-order valence-corrected chi connectivity index (χ4v) is 1.48. The highest BCUT2D eigenvalue weighted by atomic mass is 16.3. The molecule has 15 heavy (non-hydrogen) atoms. The van der Waals surface area contributed by atoms with Gasteiger partial charge in [-0.2, -0.15) is 0 Å². The van der Waals surface area contributed by atoms with Crippen LogP contribution in [0.2, 0.25) is 0 Å². The molecular weight excluding hydrogens is 188 g/mol. The van der Waals surface area contributed by atoms with Gasteiger partial charge in [0.25, 0.3) is 0 Å². The number of carbonyl (C=O) groups excluding carboxylic acids is 1. The molecule has 0 unspecified atom stereocenters. The van der Waals surface area contributed by atoms with Crippen LogP contribution in [0.1, 0.15) is 23.9 Å². The highest BCUT2D eigenvalue weighted by Gasteiger charge is 2.11. The van der Waals surface area contributed by atoms with Crippen LogP contribution in [0.4, 0.5) is 0 Å². The molecule has 0 atom stereocenters. The minimum absolute atomic E-state index is 0.0151. The number of carbonyl (C=O) groups is 1. The van der Waals surface area contributed by atoms with Crippen molar-refractivity contribution in [3.63, 3.8) is 0 Å². The molecule has 0 aliphatic carbocycles. The molecule has 1 aromatic heterocycles. The van der Waals surface area contributed by atoms with Crippen LogP contribution in [0.15, 0.2) is 46.9 Å². The third-order valence-corrected chi connectivity index (χ3v) is 2.16. The second-order valence-corrected chi connectivity index (χ2v) is 3.71. The molecule has 0 saturated carbocycles. The highest BCUT2D eigenvalue weighted by molar-refractivity contribution is 5.98. The number of hydrogen-bond acceptors (Lipinski definition) is 2. The van der Waals surface area contributed by atoms with Crippen molar-refractivity contribution in [3.8, 4) is 0 Å². The van der Waals surface area contributed by atoms with E-state index < -0.39 is 0 Å². The zero-order valence-electron chi connectivity index (χ0n) is 8.62. The Hall–Kier alpha value is -1.83. The summed E-state index contributed by atoms with van der Waals surface area (Å²) in [5.41, 5.74) is 1.60. The molecule has 1 aromatic carbocycles. The van der Waals surface area contributed by atoms with E-state index in [2.05, 4.69) is 6.58 Å². The molecule has 0 spiro atoms. The minimum Gasteiger partial charge on any atom is -0.453 e. The van der Waals surface area contributed by atoms with Gasteiger partial charge in [-0.15, -0.1) is 0 Å². The SMILES string of the molecule is C=C(C)CC(=O)c1cc2ccccc2o1. The van der Waals surface area contributed by atoms with Crippen molar-refractivity contribution in [2.24, 2.45) is 0 Å². The highest BCUT2D eigenvalue weighted by Crippen LogP contribution is 2.20. The van der Waals surface area contributed by atoms with Gasteiger partial charge < -0.3 is 4.42 Å². The van der Waals surface area contributed by atoms with Crippen molar-refractivity contribution in [3.05, 3.63) is 48.2 Å². The fraction of sp³-hybridized carbons (Fsp3) is 0.154.